The molecule has 0 saturated carbocycles. The van der Waals surface area contributed by atoms with Gasteiger partial charge in [-0.1, -0.05) is 37.1 Å². The van der Waals surface area contributed by atoms with Crippen molar-refractivity contribution in [3.05, 3.63) is 41.3 Å². The number of hydrogen-bond donors (Lipinski definition) is 0. The van der Waals surface area contributed by atoms with Crippen LogP contribution in [0.1, 0.15) is 30.4 Å². The summed E-state index contributed by atoms with van der Waals surface area (Å²) in [6, 6.07) is 7.62. The third kappa shape index (κ3) is 2.20. The van der Waals surface area contributed by atoms with Crippen LogP contribution in [0.3, 0.4) is 0 Å². The van der Waals surface area contributed by atoms with Crippen LogP contribution < -0.4 is 0 Å². The van der Waals surface area contributed by atoms with Gasteiger partial charge in [-0.2, -0.15) is 0 Å². The highest BCUT2D eigenvalue weighted by Crippen LogP contribution is 2.27. The molecule has 1 aliphatic rings. The van der Waals surface area contributed by atoms with Crippen LogP contribution in [0.4, 0.5) is 0 Å². The second-order valence-corrected chi connectivity index (χ2v) is 5.41. The Morgan fingerprint density at radius 2 is 2.25 bits per heavy atom. The number of halogens is 1. The number of rotatable bonds is 4. The molecule has 0 fully saturated rings. The van der Waals surface area contributed by atoms with Gasteiger partial charge in [0.2, 0.25) is 5.82 Å². The first-order chi connectivity index (χ1) is 9.70. The van der Waals surface area contributed by atoms with E-state index in [1.165, 1.54) is 0 Å². The summed E-state index contributed by atoms with van der Waals surface area (Å²) in [5.74, 6) is 0.544. The normalized spacial score (nSPS) is 13.9. The van der Waals surface area contributed by atoms with Gasteiger partial charge in [0.1, 0.15) is 0 Å². The molecule has 20 heavy (non-hydrogen) atoms. The summed E-state index contributed by atoms with van der Waals surface area (Å²) in [7, 11) is 0. The summed E-state index contributed by atoms with van der Waals surface area (Å²) in [5.41, 5.74) is 1.93. The predicted molar refractivity (Wildman–Crippen MR) is 78.6 cm³/mol. The van der Waals surface area contributed by atoms with Gasteiger partial charge in [-0.3, -0.25) is 4.79 Å². The van der Waals surface area contributed by atoms with Gasteiger partial charge in [-0.25, -0.2) is 4.98 Å². The van der Waals surface area contributed by atoms with E-state index in [1.54, 1.807) is 6.20 Å². The summed E-state index contributed by atoms with van der Waals surface area (Å²) in [5, 5.41) is 0.685. The van der Waals surface area contributed by atoms with E-state index in [4.69, 9.17) is 11.6 Å². The fraction of sp³-hybridized carbons (Fsp3) is 0.333. The zero-order valence-electron chi connectivity index (χ0n) is 11.3. The molecule has 0 atom stereocenters. The van der Waals surface area contributed by atoms with Crippen molar-refractivity contribution in [2.45, 2.75) is 26.4 Å². The molecule has 1 amide bonds. The molecule has 2 heterocycles. The van der Waals surface area contributed by atoms with Crippen LogP contribution in [0.25, 0.3) is 11.3 Å². The smallest absolute Gasteiger partial charge is 0.291 e. The summed E-state index contributed by atoms with van der Waals surface area (Å²) >= 11 is 6.03. The van der Waals surface area contributed by atoms with Crippen molar-refractivity contribution in [1.82, 2.24) is 14.5 Å². The largest absolute Gasteiger partial charge is 0.318 e. The van der Waals surface area contributed by atoms with Crippen LogP contribution in [-0.4, -0.2) is 26.9 Å². The lowest BCUT2D eigenvalue weighted by Gasteiger charge is -2.15. The summed E-state index contributed by atoms with van der Waals surface area (Å²) in [6.45, 7) is 3.49. The minimum atomic E-state index is 0.0201. The minimum Gasteiger partial charge on any atom is -0.318 e. The van der Waals surface area contributed by atoms with Gasteiger partial charge in [-0.15, -0.1) is 0 Å². The molecule has 0 saturated heterocycles. The average Bonchev–Trinajstić information content (AvgIpc) is 2.98. The van der Waals surface area contributed by atoms with Gasteiger partial charge < -0.3 is 9.47 Å². The Morgan fingerprint density at radius 3 is 3.00 bits per heavy atom. The van der Waals surface area contributed by atoms with Crippen LogP contribution in [-0.2, 0) is 6.67 Å². The second-order valence-electron chi connectivity index (χ2n) is 4.97. The molecule has 0 bridgehead atoms. The van der Waals surface area contributed by atoms with E-state index in [0.29, 0.717) is 17.5 Å². The molecule has 2 aromatic rings. The third-order valence-electron chi connectivity index (χ3n) is 3.55. The highest BCUT2D eigenvalue weighted by atomic mass is 35.5. The molecule has 4 nitrogen and oxygen atoms in total. The minimum absolute atomic E-state index is 0.0201. The molecule has 5 heteroatoms. The number of hydrogen-bond acceptors (Lipinski definition) is 2. The van der Waals surface area contributed by atoms with E-state index < -0.39 is 0 Å². The predicted octanol–water partition coefficient (Wildman–Crippen LogP) is 3.42. The van der Waals surface area contributed by atoms with Crippen molar-refractivity contribution in [3.8, 4) is 11.3 Å². The molecular formula is C15H16ClN3O. The summed E-state index contributed by atoms with van der Waals surface area (Å²) < 4.78 is 1.96. The molecule has 1 aromatic heterocycles. The number of unbranched alkanes of at least 4 members (excludes halogenated alkanes) is 1. The van der Waals surface area contributed by atoms with E-state index >= 15 is 0 Å². The maximum absolute atomic E-state index is 12.2. The Morgan fingerprint density at radius 1 is 1.40 bits per heavy atom. The molecule has 0 aliphatic carbocycles. The first-order valence-corrected chi connectivity index (χ1v) is 7.19. The molecule has 0 spiro atoms. The highest BCUT2D eigenvalue weighted by Gasteiger charge is 2.30. The number of amides is 1. The topological polar surface area (TPSA) is 38.1 Å². The zero-order chi connectivity index (χ0) is 14.1. The molecule has 1 aliphatic heterocycles. The second kappa shape index (κ2) is 5.29. The molecular weight excluding hydrogens is 274 g/mol. The van der Waals surface area contributed by atoms with Crippen LogP contribution in [0.5, 0.6) is 0 Å². The fourth-order valence-electron chi connectivity index (χ4n) is 2.47. The average molecular weight is 290 g/mol. The quantitative estimate of drug-likeness (QED) is 0.865. The highest BCUT2D eigenvalue weighted by molar-refractivity contribution is 6.30. The van der Waals surface area contributed by atoms with Gasteiger partial charge in [0.05, 0.1) is 18.6 Å². The fourth-order valence-corrected chi connectivity index (χ4v) is 2.66. The number of imidazole rings is 1. The van der Waals surface area contributed by atoms with Crippen LogP contribution in [0, 0.1) is 0 Å². The first-order valence-electron chi connectivity index (χ1n) is 6.81. The summed E-state index contributed by atoms with van der Waals surface area (Å²) in [6.07, 6.45) is 3.84. The Hall–Kier alpha value is -1.81. The Kier molecular flexibility index (Phi) is 3.49. The maximum atomic E-state index is 12.2. The van der Waals surface area contributed by atoms with Gasteiger partial charge in [-0.05, 0) is 18.6 Å². The number of carbonyl (C=O) groups excluding carboxylic acids is 1. The first kappa shape index (κ1) is 13.2. The Labute approximate surface area is 123 Å². The number of fused-ring (bicyclic) bond motifs is 1. The number of aromatic nitrogens is 2. The van der Waals surface area contributed by atoms with Gasteiger partial charge in [0.25, 0.3) is 5.91 Å². The maximum Gasteiger partial charge on any atom is 0.291 e. The molecule has 0 unspecified atom stereocenters. The lowest BCUT2D eigenvalue weighted by molar-refractivity contribution is 0.0764. The van der Waals surface area contributed by atoms with Crippen molar-refractivity contribution in [2.24, 2.45) is 0 Å². The summed E-state index contributed by atoms with van der Waals surface area (Å²) in [4.78, 5) is 18.3. The van der Waals surface area contributed by atoms with E-state index in [1.807, 2.05) is 33.7 Å². The van der Waals surface area contributed by atoms with Crippen LogP contribution >= 0.6 is 11.6 Å². The Bertz CT molecular complexity index is 650. The van der Waals surface area contributed by atoms with E-state index in [-0.39, 0.29) is 5.91 Å². The van der Waals surface area contributed by atoms with Crippen molar-refractivity contribution in [1.29, 1.82) is 0 Å². The molecule has 0 radical (unpaired) electrons. The standard InChI is InChI=1S/C15H16ClN3O/c1-2-3-7-18-10-19-13(9-17-14(19)15(18)20)11-5-4-6-12(16)8-11/h4-6,8-9H,2-3,7,10H2,1H3. The Balaban J connectivity index is 1.92. The van der Waals surface area contributed by atoms with Gasteiger partial charge in [0, 0.05) is 17.1 Å². The van der Waals surface area contributed by atoms with E-state index in [0.717, 1.165) is 30.6 Å². The van der Waals surface area contributed by atoms with Crippen molar-refractivity contribution >= 4 is 17.5 Å². The SMILES string of the molecule is CCCCN1Cn2c(-c3cccc(Cl)c3)cnc2C1=O. The number of nitrogens with zero attached hydrogens (tertiary/aromatic N) is 3. The monoisotopic (exact) mass is 289 g/mol. The number of benzene rings is 1. The molecule has 1 aromatic carbocycles. The van der Waals surface area contributed by atoms with Crippen molar-refractivity contribution in [2.75, 3.05) is 6.54 Å². The van der Waals surface area contributed by atoms with Gasteiger partial charge >= 0.3 is 0 Å². The van der Waals surface area contributed by atoms with Crippen molar-refractivity contribution < 1.29 is 4.79 Å². The molecule has 3 rings (SSSR count). The van der Waals surface area contributed by atoms with Crippen LogP contribution in [0.15, 0.2) is 30.5 Å². The van der Waals surface area contributed by atoms with Gasteiger partial charge in [0.15, 0.2) is 0 Å². The van der Waals surface area contributed by atoms with E-state index in [9.17, 15) is 4.79 Å². The lowest BCUT2D eigenvalue weighted by atomic mass is 10.2. The number of carbonyl (C=O) groups is 1. The molecule has 0 N–H and O–H groups in total. The third-order valence-corrected chi connectivity index (χ3v) is 3.78. The van der Waals surface area contributed by atoms with Crippen LogP contribution in [0.2, 0.25) is 5.02 Å². The van der Waals surface area contributed by atoms with E-state index in [2.05, 4.69) is 11.9 Å². The molecule has 104 valence electrons. The van der Waals surface area contributed by atoms with Crippen molar-refractivity contribution in [3.63, 3.8) is 0 Å². The zero-order valence-corrected chi connectivity index (χ0v) is 12.1. The lowest BCUT2D eigenvalue weighted by Crippen LogP contribution is -2.25.